The lowest BCUT2D eigenvalue weighted by Crippen LogP contribution is -2.56. The molecule has 0 radical (unpaired) electrons. The molecule has 3 atom stereocenters. The summed E-state index contributed by atoms with van der Waals surface area (Å²) in [7, 11) is -3.76. The van der Waals surface area contributed by atoms with E-state index in [-0.39, 0.29) is 29.5 Å². The van der Waals surface area contributed by atoms with Crippen LogP contribution in [-0.2, 0) is 21.0 Å². The zero-order valence-corrected chi connectivity index (χ0v) is 24.8. The van der Waals surface area contributed by atoms with Crippen molar-refractivity contribution >= 4 is 32.5 Å². The summed E-state index contributed by atoms with van der Waals surface area (Å²) in [6.45, 7) is 8.47. The number of fused-ring (bicyclic) bond motifs is 2. The molecular weight excluding hydrogens is 542 g/mol. The molecule has 216 valence electrons. The summed E-state index contributed by atoms with van der Waals surface area (Å²) < 4.78 is 37.4. The Kier molecular flexibility index (Phi) is 7.55. The summed E-state index contributed by atoms with van der Waals surface area (Å²) in [5.74, 6) is 0.751. The Hall–Kier alpha value is -3.91. The Morgan fingerprint density at radius 1 is 1.15 bits per heavy atom. The van der Waals surface area contributed by atoms with Crippen LogP contribution in [0.25, 0.3) is 10.8 Å². The fourth-order valence-electron chi connectivity index (χ4n) is 5.56. The number of aromatic nitrogens is 2. The molecule has 1 amide bonds. The molecule has 41 heavy (non-hydrogen) atoms. The monoisotopic (exact) mass is 577 g/mol. The first-order chi connectivity index (χ1) is 19.4. The number of hydrogen-bond acceptors (Lipinski definition) is 9. The third-order valence-corrected chi connectivity index (χ3v) is 8.25. The first-order valence-corrected chi connectivity index (χ1v) is 15.6. The van der Waals surface area contributed by atoms with Crippen LogP contribution >= 0.6 is 0 Å². The second-order valence-corrected chi connectivity index (χ2v) is 13.7. The number of rotatable bonds is 4. The van der Waals surface area contributed by atoms with Crippen LogP contribution in [0, 0.1) is 17.2 Å². The lowest BCUT2D eigenvalue weighted by atomic mass is 9.87. The van der Waals surface area contributed by atoms with Gasteiger partial charge in [-0.05, 0) is 38.0 Å². The molecule has 1 fully saturated rings. The number of benzene rings is 2. The maximum Gasteiger partial charge on any atom is 0.410 e. The molecule has 0 bridgehead atoms. The highest BCUT2D eigenvalue weighted by atomic mass is 32.2. The summed E-state index contributed by atoms with van der Waals surface area (Å²) in [4.78, 5) is 25.3. The number of nitriles is 1. The van der Waals surface area contributed by atoms with Gasteiger partial charge < -0.3 is 19.3 Å². The molecule has 2 unspecified atom stereocenters. The van der Waals surface area contributed by atoms with E-state index in [1.807, 2.05) is 29.2 Å². The van der Waals surface area contributed by atoms with Crippen LogP contribution in [0.3, 0.4) is 0 Å². The SMILES string of the molecule is CC1Cc2c(nc(S(C)(=O)=O)nc2N2CCN(C(=O)OC(C)(C)C)[C@@H](CC#N)C2)OC1c1cccc2ccccc12. The minimum atomic E-state index is -3.76. The number of hydrogen-bond donors (Lipinski definition) is 0. The highest BCUT2D eigenvalue weighted by molar-refractivity contribution is 7.90. The molecule has 3 aromatic rings. The zero-order valence-electron chi connectivity index (χ0n) is 24.0. The van der Waals surface area contributed by atoms with E-state index < -0.39 is 27.6 Å². The summed E-state index contributed by atoms with van der Waals surface area (Å²) in [5, 5.41) is 11.4. The first-order valence-electron chi connectivity index (χ1n) is 13.7. The molecule has 1 saturated heterocycles. The minimum Gasteiger partial charge on any atom is -0.469 e. The Morgan fingerprint density at radius 2 is 1.88 bits per heavy atom. The minimum absolute atomic E-state index is 0.0395. The van der Waals surface area contributed by atoms with Crippen molar-refractivity contribution in [3.05, 3.63) is 53.6 Å². The van der Waals surface area contributed by atoms with Gasteiger partial charge in [0.1, 0.15) is 17.5 Å². The highest BCUT2D eigenvalue weighted by Gasteiger charge is 2.38. The van der Waals surface area contributed by atoms with Crippen LogP contribution in [0.15, 0.2) is 47.6 Å². The smallest absolute Gasteiger partial charge is 0.410 e. The van der Waals surface area contributed by atoms with E-state index in [9.17, 15) is 18.5 Å². The lowest BCUT2D eigenvalue weighted by Gasteiger charge is -2.42. The number of piperazine rings is 1. The molecule has 3 heterocycles. The molecule has 2 aromatic carbocycles. The summed E-state index contributed by atoms with van der Waals surface area (Å²) in [6, 6.07) is 15.9. The predicted molar refractivity (Wildman–Crippen MR) is 154 cm³/mol. The predicted octanol–water partition coefficient (Wildman–Crippen LogP) is 4.68. The third-order valence-electron chi connectivity index (χ3n) is 7.41. The van der Waals surface area contributed by atoms with Crippen LogP contribution in [0.2, 0.25) is 0 Å². The van der Waals surface area contributed by atoms with Crippen molar-refractivity contribution in [2.24, 2.45) is 5.92 Å². The topological polar surface area (TPSA) is 126 Å². The van der Waals surface area contributed by atoms with Gasteiger partial charge in [0.15, 0.2) is 0 Å². The van der Waals surface area contributed by atoms with E-state index >= 15 is 0 Å². The van der Waals surface area contributed by atoms with Gasteiger partial charge in [-0.15, -0.1) is 0 Å². The lowest BCUT2D eigenvalue weighted by molar-refractivity contribution is 0.0144. The van der Waals surface area contributed by atoms with E-state index in [0.717, 1.165) is 28.2 Å². The largest absolute Gasteiger partial charge is 0.469 e. The maximum atomic E-state index is 12.9. The molecule has 11 heteroatoms. The van der Waals surface area contributed by atoms with E-state index in [0.29, 0.717) is 31.9 Å². The molecule has 0 saturated carbocycles. The van der Waals surface area contributed by atoms with E-state index in [1.54, 1.807) is 25.7 Å². The quantitative estimate of drug-likeness (QED) is 0.406. The van der Waals surface area contributed by atoms with Crippen molar-refractivity contribution in [2.75, 3.05) is 30.8 Å². The number of nitrogens with zero attached hydrogens (tertiary/aromatic N) is 5. The van der Waals surface area contributed by atoms with Crippen LogP contribution in [0.4, 0.5) is 10.6 Å². The number of ether oxygens (including phenoxy) is 2. The molecule has 2 aliphatic heterocycles. The molecule has 0 spiro atoms. The van der Waals surface area contributed by atoms with Gasteiger partial charge in [-0.3, -0.25) is 0 Å². The molecular formula is C30H35N5O5S. The molecule has 5 rings (SSSR count). The Morgan fingerprint density at radius 3 is 2.59 bits per heavy atom. The summed E-state index contributed by atoms with van der Waals surface area (Å²) in [5.41, 5.74) is 1.07. The van der Waals surface area contributed by atoms with Gasteiger partial charge in [-0.2, -0.15) is 10.2 Å². The van der Waals surface area contributed by atoms with Crippen molar-refractivity contribution in [3.8, 4) is 11.9 Å². The number of amides is 1. The van der Waals surface area contributed by atoms with Crippen LogP contribution in [0.5, 0.6) is 5.88 Å². The number of anilines is 1. The van der Waals surface area contributed by atoms with Crippen LogP contribution in [-0.4, -0.2) is 66.9 Å². The van der Waals surface area contributed by atoms with Crippen molar-refractivity contribution in [2.45, 2.75) is 63.4 Å². The van der Waals surface area contributed by atoms with E-state index in [2.05, 4.69) is 41.2 Å². The second kappa shape index (κ2) is 10.8. The van der Waals surface area contributed by atoms with Crippen molar-refractivity contribution in [1.29, 1.82) is 5.26 Å². The molecule has 2 aliphatic rings. The first kappa shape index (κ1) is 28.6. The zero-order chi connectivity index (χ0) is 29.5. The summed E-state index contributed by atoms with van der Waals surface area (Å²) >= 11 is 0. The average Bonchev–Trinajstić information content (AvgIpc) is 2.90. The van der Waals surface area contributed by atoms with Crippen molar-refractivity contribution < 1.29 is 22.7 Å². The van der Waals surface area contributed by atoms with Gasteiger partial charge in [0.2, 0.25) is 15.7 Å². The standard InChI is InChI=1S/C30H35N5O5S/c1-19-17-24-26(34-15-16-35(21(18-34)13-14-31)29(36)40-30(2,3)4)32-28(41(5,37)38)33-27(24)39-25(19)23-12-8-10-20-9-6-7-11-22(20)23/h6-12,19,21,25H,13,15-18H2,1-5H3/t19?,21-,25?/m0/s1. The Balaban J connectivity index is 1.52. The number of carbonyl (C=O) groups excluding carboxylic acids is 1. The second-order valence-electron chi connectivity index (χ2n) is 11.8. The van der Waals surface area contributed by atoms with Crippen molar-refractivity contribution in [3.63, 3.8) is 0 Å². The Labute approximate surface area is 240 Å². The highest BCUT2D eigenvalue weighted by Crippen LogP contribution is 2.43. The van der Waals surface area contributed by atoms with Gasteiger partial charge in [0.25, 0.3) is 5.16 Å². The van der Waals surface area contributed by atoms with Crippen LogP contribution in [0.1, 0.15) is 51.3 Å². The molecule has 0 aliphatic carbocycles. The summed E-state index contributed by atoms with van der Waals surface area (Å²) in [6.07, 6.45) is 0.925. The van der Waals surface area contributed by atoms with Gasteiger partial charge >= 0.3 is 6.09 Å². The number of sulfone groups is 1. The maximum absolute atomic E-state index is 12.9. The van der Waals surface area contributed by atoms with Gasteiger partial charge in [-0.25, -0.2) is 18.2 Å². The number of carbonyl (C=O) groups is 1. The van der Waals surface area contributed by atoms with Gasteiger partial charge in [-0.1, -0.05) is 49.4 Å². The normalized spacial score (nSPS) is 21.1. The van der Waals surface area contributed by atoms with Crippen LogP contribution < -0.4 is 9.64 Å². The van der Waals surface area contributed by atoms with E-state index in [4.69, 9.17) is 9.47 Å². The molecule has 1 aromatic heterocycles. The Bertz CT molecular complexity index is 1620. The third kappa shape index (κ3) is 5.93. The molecule has 10 nitrogen and oxygen atoms in total. The van der Waals surface area contributed by atoms with Crippen molar-refractivity contribution in [1.82, 2.24) is 14.9 Å². The van der Waals surface area contributed by atoms with Gasteiger partial charge in [0.05, 0.1) is 24.1 Å². The average molecular weight is 578 g/mol. The van der Waals surface area contributed by atoms with Gasteiger partial charge in [0, 0.05) is 37.4 Å². The fourth-order valence-corrected chi connectivity index (χ4v) is 6.06. The fraction of sp³-hybridized carbons (Fsp3) is 0.467. The van der Waals surface area contributed by atoms with E-state index in [1.165, 1.54) is 0 Å². The molecule has 0 N–H and O–H groups in total.